The van der Waals surface area contributed by atoms with Gasteiger partial charge in [0, 0.05) is 26.8 Å². The van der Waals surface area contributed by atoms with Gasteiger partial charge in [-0.3, -0.25) is 0 Å². The number of thiophene rings is 1. The summed E-state index contributed by atoms with van der Waals surface area (Å²) in [6, 6.07) is 54.5. The van der Waals surface area contributed by atoms with Gasteiger partial charge in [0.1, 0.15) is 17.7 Å². The van der Waals surface area contributed by atoms with Gasteiger partial charge in [-0.1, -0.05) is 97.1 Å². The Hall–Kier alpha value is -5.68. The second-order valence-corrected chi connectivity index (χ2v) is 10.8. The highest BCUT2D eigenvalue weighted by Crippen LogP contribution is 2.36. The van der Waals surface area contributed by atoms with Crippen molar-refractivity contribution in [1.29, 1.82) is 10.5 Å². The zero-order valence-electron chi connectivity index (χ0n) is 22.7. The van der Waals surface area contributed by atoms with E-state index < -0.39 is 0 Å². The number of hydrogen-bond donors (Lipinski definition) is 0. The summed E-state index contributed by atoms with van der Waals surface area (Å²) in [5.41, 5.74) is 9.21. The molecule has 0 radical (unpaired) electrons. The number of para-hydroxylation sites is 2. The van der Waals surface area contributed by atoms with Gasteiger partial charge in [0.25, 0.3) is 0 Å². The van der Waals surface area contributed by atoms with E-state index in [0.717, 1.165) is 43.5 Å². The van der Waals surface area contributed by atoms with Crippen molar-refractivity contribution in [2.45, 2.75) is 0 Å². The van der Waals surface area contributed by atoms with Crippen LogP contribution in [0.25, 0.3) is 38.8 Å². The highest BCUT2D eigenvalue weighted by molar-refractivity contribution is 7.16. The van der Waals surface area contributed by atoms with Gasteiger partial charge >= 0.3 is 0 Å². The number of rotatable bonds is 7. The lowest BCUT2D eigenvalue weighted by atomic mass is 9.99. The Morgan fingerprint density at radius 3 is 1.33 bits per heavy atom. The largest absolute Gasteiger partial charge is 0.311 e. The summed E-state index contributed by atoms with van der Waals surface area (Å²) in [5.74, 6) is 0. The maximum absolute atomic E-state index is 9.00. The van der Waals surface area contributed by atoms with Gasteiger partial charge in [0.15, 0.2) is 0 Å². The molecule has 0 atom stereocenters. The average molecular weight is 556 g/mol. The predicted octanol–water partition coefficient (Wildman–Crippen LogP) is 10.6. The summed E-state index contributed by atoms with van der Waals surface area (Å²) < 4.78 is 0. The second-order valence-electron chi connectivity index (χ2n) is 9.69. The number of hydrogen-bond acceptors (Lipinski definition) is 4. The van der Waals surface area contributed by atoms with Gasteiger partial charge in [0.2, 0.25) is 0 Å². The zero-order chi connectivity index (χ0) is 28.7. The summed E-state index contributed by atoms with van der Waals surface area (Å²) in [5, 5.41) is 18.0. The molecule has 6 rings (SSSR count). The Balaban J connectivity index is 1.19. The van der Waals surface area contributed by atoms with Crippen LogP contribution in [0.15, 0.2) is 151 Å². The summed E-state index contributed by atoms with van der Waals surface area (Å²) in [7, 11) is 0. The van der Waals surface area contributed by atoms with Crippen molar-refractivity contribution >= 4 is 34.5 Å². The molecule has 0 aliphatic rings. The van der Waals surface area contributed by atoms with Gasteiger partial charge < -0.3 is 4.90 Å². The third kappa shape index (κ3) is 5.76. The van der Waals surface area contributed by atoms with E-state index in [1.807, 2.05) is 36.4 Å². The molecule has 4 heteroatoms. The topological polar surface area (TPSA) is 50.8 Å². The van der Waals surface area contributed by atoms with Crippen molar-refractivity contribution in [3.63, 3.8) is 0 Å². The molecule has 198 valence electrons. The van der Waals surface area contributed by atoms with Crippen LogP contribution in [0, 0.1) is 22.7 Å². The molecule has 1 heterocycles. The zero-order valence-corrected chi connectivity index (χ0v) is 23.5. The molecule has 42 heavy (non-hydrogen) atoms. The van der Waals surface area contributed by atoms with Crippen LogP contribution in [-0.4, -0.2) is 0 Å². The van der Waals surface area contributed by atoms with Crippen molar-refractivity contribution in [2.75, 3.05) is 4.90 Å². The van der Waals surface area contributed by atoms with Crippen molar-refractivity contribution in [3.05, 3.63) is 156 Å². The molecule has 0 fully saturated rings. The first-order valence-corrected chi connectivity index (χ1v) is 14.4. The van der Waals surface area contributed by atoms with Crippen LogP contribution in [0.3, 0.4) is 0 Å². The highest BCUT2D eigenvalue weighted by Gasteiger charge is 2.12. The molecule has 0 unspecified atom stereocenters. The summed E-state index contributed by atoms with van der Waals surface area (Å²) >= 11 is 1.56. The molecule has 0 saturated heterocycles. The van der Waals surface area contributed by atoms with Crippen molar-refractivity contribution in [2.24, 2.45) is 0 Å². The summed E-state index contributed by atoms with van der Waals surface area (Å²) in [6.07, 6.45) is 1.63. The number of benzene rings is 5. The van der Waals surface area contributed by atoms with E-state index in [1.54, 1.807) is 17.4 Å². The summed E-state index contributed by atoms with van der Waals surface area (Å²) in [4.78, 5) is 4.25. The van der Waals surface area contributed by atoms with Gasteiger partial charge in [-0.2, -0.15) is 10.5 Å². The third-order valence-electron chi connectivity index (χ3n) is 7.03. The molecule has 1 aromatic heterocycles. The second kappa shape index (κ2) is 12.2. The van der Waals surface area contributed by atoms with Gasteiger partial charge in [-0.05, 0) is 82.4 Å². The smallest absolute Gasteiger partial charge is 0.131 e. The predicted molar refractivity (Wildman–Crippen MR) is 175 cm³/mol. The van der Waals surface area contributed by atoms with E-state index in [1.165, 1.54) is 11.1 Å². The maximum Gasteiger partial charge on any atom is 0.131 e. The van der Waals surface area contributed by atoms with E-state index in [2.05, 4.69) is 126 Å². The molecule has 6 aromatic rings. The monoisotopic (exact) mass is 555 g/mol. The van der Waals surface area contributed by atoms with E-state index in [9.17, 15) is 0 Å². The fraction of sp³-hybridized carbons (Fsp3) is 0. The molecule has 0 aliphatic heterocycles. The Bertz CT molecular complexity index is 1850. The normalized spacial score (nSPS) is 10.3. The Kier molecular flexibility index (Phi) is 7.73. The van der Waals surface area contributed by atoms with E-state index in [-0.39, 0.29) is 5.57 Å². The minimum atomic E-state index is 0.111. The van der Waals surface area contributed by atoms with Crippen molar-refractivity contribution < 1.29 is 0 Å². The standard InChI is InChI=1S/C38H25N3S/c39-26-28(27-40)25-37-23-24-38(42-37)33-17-15-31(16-18-33)29-11-13-30(14-12-29)32-19-21-36(22-20-32)41(34-7-3-1-4-8-34)35-9-5-2-6-10-35/h1-25H. The van der Waals surface area contributed by atoms with Crippen LogP contribution in [0.1, 0.15) is 4.88 Å². The molecule has 0 N–H and O–H groups in total. The summed E-state index contributed by atoms with van der Waals surface area (Å²) in [6.45, 7) is 0. The molecule has 3 nitrogen and oxygen atoms in total. The minimum Gasteiger partial charge on any atom is -0.311 e. The van der Waals surface area contributed by atoms with Gasteiger partial charge in [0.05, 0.1) is 0 Å². The molecule has 0 saturated carbocycles. The Labute approximate surface area is 250 Å². The molecule has 5 aromatic carbocycles. The first kappa shape index (κ1) is 26.5. The molecule has 0 aliphatic carbocycles. The first-order chi connectivity index (χ1) is 20.7. The van der Waals surface area contributed by atoms with Crippen LogP contribution < -0.4 is 4.90 Å². The average Bonchev–Trinajstić information content (AvgIpc) is 3.54. The van der Waals surface area contributed by atoms with E-state index in [0.29, 0.717) is 0 Å². The van der Waals surface area contributed by atoms with Crippen LogP contribution >= 0.6 is 11.3 Å². The fourth-order valence-electron chi connectivity index (χ4n) is 4.90. The minimum absolute atomic E-state index is 0.111. The SMILES string of the molecule is N#CC(C#N)=Cc1ccc(-c2ccc(-c3ccc(-c4ccc(N(c5ccccc5)c5ccccc5)cc4)cc3)cc2)s1. The van der Waals surface area contributed by atoms with Crippen LogP contribution in [-0.2, 0) is 0 Å². The molecule has 0 bridgehead atoms. The quantitative estimate of drug-likeness (QED) is 0.184. The molecular weight excluding hydrogens is 531 g/mol. The Morgan fingerprint density at radius 1 is 0.476 bits per heavy atom. The lowest BCUT2D eigenvalue weighted by molar-refractivity contribution is 1.28. The fourth-order valence-corrected chi connectivity index (χ4v) is 5.86. The lowest BCUT2D eigenvalue weighted by Crippen LogP contribution is -2.09. The van der Waals surface area contributed by atoms with Crippen LogP contribution in [0.2, 0.25) is 0 Å². The van der Waals surface area contributed by atoms with Crippen molar-refractivity contribution in [3.8, 4) is 44.8 Å². The molecular formula is C38H25N3S. The number of allylic oxidation sites excluding steroid dienone is 1. The molecule has 0 spiro atoms. The Morgan fingerprint density at radius 2 is 0.881 bits per heavy atom. The first-order valence-electron chi connectivity index (χ1n) is 13.5. The van der Waals surface area contributed by atoms with E-state index >= 15 is 0 Å². The lowest BCUT2D eigenvalue weighted by Gasteiger charge is -2.25. The van der Waals surface area contributed by atoms with Crippen molar-refractivity contribution in [1.82, 2.24) is 0 Å². The highest BCUT2D eigenvalue weighted by atomic mass is 32.1. The number of anilines is 3. The molecule has 0 amide bonds. The van der Waals surface area contributed by atoms with E-state index in [4.69, 9.17) is 10.5 Å². The van der Waals surface area contributed by atoms with Crippen LogP contribution in [0.5, 0.6) is 0 Å². The van der Waals surface area contributed by atoms with Gasteiger partial charge in [-0.15, -0.1) is 11.3 Å². The van der Waals surface area contributed by atoms with Gasteiger partial charge in [-0.25, -0.2) is 0 Å². The maximum atomic E-state index is 9.00. The van der Waals surface area contributed by atoms with Crippen LogP contribution in [0.4, 0.5) is 17.1 Å². The third-order valence-corrected chi connectivity index (χ3v) is 8.11. The number of nitriles is 2. The number of nitrogens with zero attached hydrogens (tertiary/aromatic N) is 3.